The van der Waals surface area contributed by atoms with Gasteiger partial charge in [0.25, 0.3) is 0 Å². The van der Waals surface area contributed by atoms with Gasteiger partial charge in [0.2, 0.25) is 0 Å². The van der Waals surface area contributed by atoms with Crippen LogP contribution in [0, 0.1) is 5.82 Å². The first-order valence-electron chi connectivity index (χ1n) is 8.57. The standard InChI is InChI=1S/C22H17FN2O2/c1-15(26)22(16-5-3-2-4-6-16)27-20-11-12-21-17(13-20)14-24-25(21)19-9-7-18(23)8-10-19/h2-14,22H,1H3. The van der Waals surface area contributed by atoms with Crippen LogP contribution in [0.2, 0.25) is 0 Å². The number of Topliss-reactive ketones (excluding diaryl/α,β-unsaturated/α-hetero) is 1. The molecule has 3 aromatic carbocycles. The molecule has 1 aromatic heterocycles. The summed E-state index contributed by atoms with van der Waals surface area (Å²) in [5.74, 6) is 0.232. The van der Waals surface area contributed by atoms with Gasteiger partial charge in [0.05, 0.1) is 17.4 Å². The number of ether oxygens (including phenoxy) is 1. The van der Waals surface area contributed by atoms with Crippen LogP contribution in [0.25, 0.3) is 16.6 Å². The summed E-state index contributed by atoms with van der Waals surface area (Å²) in [5, 5.41) is 5.25. The third-order valence-electron chi connectivity index (χ3n) is 4.34. The van der Waals surface area contributed by atoms with Gasteiger partial charge in [0.1, 0.15) is 11.6 Å². The highest BCUT2D eigenvalue weighted by Gasteiger charge is 2.19. The highest BCUT2D eigenvalue weighted by Crippen LogP contribution is 2.27. The first-order valence-corrected chi connectivity index (χ1v) is 8.57. The Kier molecular flexibility index (Phi) is 4.42. The van der Waals surface area contributed by atoms with Crippen molar-refractivity contribution in [3.05, 3.63) is 90.4 Å². The fraction of sp³-hybridized carbons (Fsp3) is 0.0909. The Balaban J connectivity index is 1.66. The molecule has 0 radical (unpaired) electrons. The van der Waals surface area contributed by atoms with E-state index in [9.17, 15) is 9.18 Å². The molecule has 5 heteroatoms. The summed E-state index contributed by atoms with van der Waals surface area (Å²) >= 11 is 0. The Bertz CT molecular complexity index is 1090. The van der Waals surface area contributed by atoms with E-state index in [4.69, 9.17) is 4.74 Å². The van der Waals surface area contributed by atoms with Gasteiger partial charge >= 0.3 is 0 Å². The predicted octanol–water partition coefficient (Wildman–Crippen LogP) is 4.87. The van der Waals surface area contributed by atoms with Crippen molar-refractivity contribution in [1.82, 2.24) is 9.78 Å². The monoisotopic (exact) mass is 360 g/mol. The molecule has 0 spiro atoms. The summed E-state index contributed by atoms with van der Waals surface area (Å²) in [6.07, 6.45) is 1.06. The second-order valence-corrected chi connectivity index (χ2v) is 6.27. The minimum Gasteiger partial charge on any atom is -0.478 e. The molecule has 134 valence electrons. The van der Waals surface area contributed by atoms with E-state index in [1.54, 1.807) is 23.0 Å². The predicted molar refractivity (Wildman–Crippen MR) is 102 cm³/mol. The Morgan fingerprint density at radius 3 is 2.48 bits per heavy atom. The summed E-state index contributed by atoms with van der Waals surface area (Å²) in [6, 6.07) is 21.1. The topological polar surface area (TPSA) is 44.1 Å². The number of carbonyl (C=O) groups is 1. The minimum atomic E-state index is -0.657. The van der Waals surface area contributed by atoms with Gasteiger partial charge in [-0.3, -0.25) is 4.79 Å². The lowest BCUT2D eigenvalue weighted by molar-refractivity contribution is -0.123. The average molecular weight is 360 g/mol. The van der Waals surface area contributed by atoms with E-state index < -0.39 is 6.10 Å². The van der Waals surface area contributed by atoms with Gasteiger partial charge in [0.15, 0.2) is 11.9 Å². The molecule has 0 fully saturated rings. The smallest absolute Gasteiger partial charge is 0.181 e. The molecular formula is C22H17FN2O2. The largest absolute Gasteiger partial charge is 0.478 e. The van der Waals surface area contributed by atoms with E-state index in [0.29, 0.717) is 5.75 Å². The average Bonchev–Trinajstić information content (AvgIpc) is 3.10. The van der Waals surface area contributed by atoms with Gasteiger partial charge < -0.3 is 4.74 Å². The fourth-order valence-electron chi connectivity index (χ4n) is 3.02. The molecule has 1 atom stereocenters. The van der Waals surface area contributed by atoms with E-state index in [-0.39, 0.29) is 11.6 Å². The Hall–Kier alpha value is -3.47. The van der Waals surface area contributed by atoms with E-state index >= 15 is 0 Å². The number of rotatable bonds is 5. The van der Waals surface area contributed by atoms with Gasteiger partial charge in [0, 0.05) is 5.39 Å². The molecule has 4 rings (SSSR count). The summed E-state index contributed by atoms with van der Waals surface area (Å²) in [7, 11) is 0. The number of fused-ring (bicyclic) bond motifs is 1. The number of hydrogen-bond donors (Lipinski definition) is 0. The number of halogens is 1. The second kappa shape index (κ2) is 7.03. The quantitative estimate of drug-likeness (QED) is 0.510. The molecular weight excluding hydrogens is 343 g/mol. The fourth-order valence-corrected chi connectivity index (χ4v) is 3.02. The van der Waals surface area contributed by atoms with E-state index in [2.05, 4.69) is 5.10 Å². The lowest BCUT2D eigenvalue weighted by Crippen LogP contribution is -2.15. The summed E-state index contributed by atoms with van der Waals surface area (Å²) in [5.41, 5.74) is 2.45. The van der Waals surface area contributed by atoms with Gasteiger partial charge in [-0.2, -0.15) is 5.10 Å². The summed E-state index contributed by atoms with van der Waals surface area (Å²) < 4.78 is 20.8. The van der Waals surface area contributed by atoms with Crippen LogP contribution in [0.15, 0.2) is 79.0 Å². The zero-order valence-electron chi connectivity index (χ0n) is 14.7. The van der Waals surface area contributed by atoms with Crippen molar-refractivity contribution in [2.45, 2.75) is 13.0 Å². The summed E-state index contributed by atoms with van der Waals surface area (Å²) in [6.45, 7) is 1.52. The maximum atomic E-state index is 13.1. The molecule has 0 aliphatic rings. The zero-order valence-corrected chi connectivity index (χ0v) is 14.7. The van der Waals surface area contributed by atoms with Crippen LogP contribution < -0.4 is 4.74 Å². The molecule has 0 bridgehead atoms. The second-order valence-electron chi connectivity index (χ2n) is 6.27. The zero-order chi connectivity index (χ0) is 18.8. The van der Waals surface area contributed by atoms with E-state index in [1.807, 2.05) is 48.5 Å². The van der Waals surface area contributed by atoms with Crippen molar-refractivity contribution < 1.29 is 13.9 Å². The van der Waals surface area contributed by atoms with Crippen LogP contribution in [0.1, 0.15) is 18.6 Å². The van der Waals surface area contributed by atoms with Crippen molar-refractivity contribution in [3.8, 4) is 11.4 Å². The highest BCUT2D eigenvalue weighted by molar-refractivity contribution is 5.84. The molecule has 0 N–H and O–H groups in total. The maximum Gasteiger partial charge on any atom is 0.181 e. The molecule has 0 saturated carbocycles. The van der Waals surface area contributed by atoms with Crippen molar-refractivity contribution in [2.75, 3.05) is 0 Å². The Morgan fingerprint density at radius 1 is 1.04 bits per heavy atom. The van der Waals surface area contributed by atoms with Gasteiger partial charge in [-0.05, 0) is 55.0 Å². The number of nitrogens with zero attached hydrogens (tertiary/aromatic N) is 2. The number of ketones is 1. The van der Waals surface area contributed by atoms with Gasteiger partial charge in [-0.1, -0.05) is 30.3 Å². The van der Waals surface area contributed by atoms with Crippen LogP contribution in [0.5, 0.6) is 5.75 Å². The lowest BCUT2D eigenvalue weighted by Gasteiger charge is -2.17. The third-order valence-corrected chi connectivity index (χ3v) is 4.34. The van der Waals surface area contributed by atoms with Crippen LogP contribution in [0.3, 0.4) is 0 Å². The van der Waals surface area contributed by atoms with Crippen LogP contribution in [0.4, 0.5) is 4.39 Å². The normalized spacial score (nSPS) is 12.1. The molecule has 4 aromatic rings. The first-order chi connectivity index (χ1) is 13.1. The van der Waals surface area contributed by atoms with Crippen molar-refractivity contribution in [1.29, 1.82) is 0 Å². The molecule has 1 unspecified atom stereocenters. The van der Waals surface area contributed by atoms with Crippen LogP contribution >= 0.6 is 0 Å². The Morgan fingerprint density at radius 2 is 1.78 bits per heavy atom. The van der Waals surface area contributed by atoms with E-state index in [0.717, 1.165) is 22.2 Å². The van der Waals surface area contributed by atoms with E-state index in [1.165, 1.54) is 19.1 Å². The van der Waals surface area contributed by atoms with Crippen LogP contribution in [-0.2, 0) is 4.79 Å². The van der Waals surface area contributed by atoms with Gasteiger partial charge in [-0.15, -0.1) is 0 Å². The SMILES string of the molecule is CC(=O)C(Oc1ccc2c(cnn2-c2ccc(F)cc2)c1)c1ccccc1. The number of benzene rings is 3. The first kappa shape index (κ1) is 17.0. The van der Waals surface area contributed by atoms with Crippen LogP contribution in [-0.4, -0.2) is 15.6 Å². The lowest BCUT2D eigenvalue weighted by atomic mass is 10.1. The molecule has 4 nitrogen and oxygen atoms in total. The minimum absolute atomic E-state index is 0.0664. The molecule has 27 heavy (non-hydrogen) atoms. The van der Waals surface area contributed by atoms with Crippen molar-refractivity contribution in [3.63, 3.8) is 0 Å². The van der Waals surface area contributed by atoms with Crippen molar-refractivity contribution in [2.24, 2.45) is 0 Å². The third kappa shape index (κ3) is 3.44. The molecule has 0 amide bonds. The Labute approximate surface area is 155 Å². The molecule has 0 aliphatic carbocycles. The van der Waals surface area contributed by atoms with Gasteiger partial charge in [-0.25, -0.2) is 9.07 Å². The van der Waals surface area contributed by atoms with Crippen molar-refractivity contribution >= 4 is 16.7 Å². The molecule has 0 aliphatic heterocycles. The molecule has 0 saturated heterocycles. The maximum absolute atomic E-state index is 13.1. The number of carbonyl (C=O) groups excluding carboxylic acids is 1. The highest BCUT2D eigenvalue weighted by atomic mass is 19.1. The summed E-state index contributed by atoms with van der Waals surface area (Å²) in [4.78, 5) is 12.1. The number of aromatic nitrogens is 2. The molecule has 1 heterocycles. The number of hydrogen-bond acceptors (Lipinski definition) is 3.